The fourth-order valence-corrected chi connectivity index (χ4v) is 2.46. The fraction of sp³-hybridized carbons (Fsp3) is 0.538. The summed E-state index contributed by atoms with van der Waals surface area (Å²) in [5.41, 5.74) is -0.172. The van der Waals surface area contributed by atoms with Gasteiger partial charge >= 0.3 is 5.97 Å². The van der Waals surface area contributed by atoms with Gasteiger partial charge in [-0.15, -0.1) is 0 Å². The highest BCUT2D eigenvalue weighted by Gasteiger charge is 2.28. The van der Waals surface area contributed by atoms with Crippen LogP contribution < -0.4 is 5.56 Å². The Morgan fingerprint density at radius 3 is 2.90 bits per heavy atom. The van der Waals surface area contributed by atoms with Gasteiger partial charge < -0.3 is 15.0 Å². The van der Waals surface area contributed by atoms with Crippen molar-refractivity contribution < 1.29 is 14.7 Å². The topological polar surface area (TPSA) is 103 Å². The van der Waals surface area contributed by atoms with Gasteiger partial charge in [0.05, 0.1) is 6.20 Å². The van der Waals surface area contributed by atoms with Crippen molar-refractivity contribution in [3.8, 4) is 0 Å². The third kappa shape index (κ3) is 3.43. The summed E-state index contributed by atoms with van der Waals surface area (Å²) < 4.78 is 0. The molecule has 0 aromatic carbocycles. The van der Waals surface area contributed by atoms with Crippen LogP contribution in [0.25, 0.3) is 0 Å². The summed E-state index contributed by atoms with van der Waals surface area (Å²) >= 11 is 0. The molecule has 1 aliphatic rings. The molecule has 108 valence electrons. The van der Waals surface area contributed by atoms with E-state index in [2.05, 4.69) is 9.97 Å². The monoisotopic (exact) mass is 279 g/mol. The van der Waals surface area contributed by atoms with Gasteiger partial charge in [-0.1, -0.05) is 0 Å². The lowest BCUT2D eigenvalue weighted by molar-refractivity contribution is -0.137. The molecule has 1 unspecified atom stereocenters. The Morgan fingerprint density at radius 1 is 1.45 bits per heavy atom. The van der Waals surface area contributed by atoms with Crippen LogP contribution in [0.5, 0.6) is 0 Å². The Bertz CT molecular complexity index is 534. The number of carbonyl (C=O) groups is 2. The Morgan fingerprint density at radius 2 is 2.25 bits per heavy atom. The van der Waals surface area contributed by atoms with Crippen molar-refractivity contribution in [2.24, 2.45) is 0 Å². The van der Waals surface area contributed by atoms with Crippen LogP contribution in [-0.2, 0) is 4.79 Å². The summed E-state index contributed by atoms with van der Waals surface area (Å²) in [5.74, 6) is -1.11. The van der Waals surface area contributed by atoms with Gasteiger partial charge in [0.25, 0.3) is 11.5 Å². The van der Waals surface area contributed by atoms with Gasteiger partial charge in [-0.3, -0.25) is 14.4 Å². The Hall–Kier alpha value is -2.18. The standard InChI is InChI=1S/C13H17N3O4/c17-11-8-14-10(7-15-11)13(20)16-6-2-1-3-9(16)4-5-12(18)19/h7-9H,1-6H2,(H,15,17)(H,18,19). The van der Waals surface area contributed by atoms with Crippen molar-refractivity contribution in [1.82, 2.24) is 14.9 Å². The SMILES string of the molecule is O=C(O)CCC1CCCCN1C(=O)c1c[nH]c(=O)cn1. The number of carboxylic acid groups (broad SMARTS) is 1. The molecule has 1 amide bonds. The Balaban J connectivity index is 2.10. The number of aromatic nitrogens is 2. The summed E-state index contributed by atoms with van der Waals surface area (Å²) in [4.78, 5) is 41.9. The van der Waals surface area contributed by atoms with Gasteiger partial charge in [-0.05, 0) is 25.7 Å². The van der Waals surface area contributed by atoms with Crippen molar-refractivity contribution in [2.75, 3.05) is 6.54 Å². The van der Waals surface area contributed by atoms with Crippen molar-refractivity contribution in [2.45, 2.75) is 38.1 Å². The number of nitrogens with zero attached hydrogens (tertiary/aromatic N) is 2. The summed E-state index contributed by atoms with van der Waals surface area (Å²) in [7, 11) is 0. The number of hydrogen-bond donors (Lipinski definition) is 2. The van der Waals surface area contributed by atoms with E-state index in [-0.39, 0.29) is 29.6 Å². The van der Waals surface area contributed by atoms with Crippen LogP contribution in [0.15, 0.2) is 17.2 Å². The molecule has 1 atom stereocenters. The summed E-state index contributed by atoms with van der Waals surface area (Å²) in [5, 5.41) is 8.76. The second-order valence-corrected chi connectivity index (χ2v) is 4.88. The van der Waals surface area contributed by atoms with Crippen molar-refractivity contribution >= 4 is 11.9 Å². The smallest absolute Gasteiger partial charge is 0.303 e. The van der Waals surface area contributed by atoms with E-state index in [1.165, 1.54) is 6.20 Å². The van der Waals surface area contributed by atoms with E-state index in [0.29, 0.717) is 13.0 Å². The molecule has 1 aliphatic heterocycles. The van der Waals surface area contributed by atoms with E-state index in [1.807, 2.05) is 0 Å². The molecule has 1 aromatic heterocycles. The van der Waals surface area contributed by atoms with Crippen LogP contribution in [0.2, 0.25) is 0 Å². The van der Waals surface area contributed by atoms with Gasteiger partial charge in [-0.25, -0.2) is 4.98 Å². The maximum Gasteiger partial charge on any atom is 0.303 e. The van der Waals surface area contributed by atoms with E-state index >= 15 is 0 Å². The van der Waals surface area contributed by atoms with E-state index < -0.39 is 5.97 Å². The number of piperidine rings is 1. The zero-order valence-electron chi connectivity index (χ0n) is 11.0. The molecular weight excluding hydrogens is 262 g/mol. The second-order valence-electron chi connectivity index (χ2n) is 4.88. The highest BCUT2D eigenvalue weighted by atomic mass is 16.4. The van der Waals surface area contributed by atoms with E-state index in [4.69, 9.17) is 5.11 Å². The zero-order chi connectivity index (χ0) is 14.5. The number of aliphatic carboxylic acids is 1. The largest absolute Gasteiger partial charge is 0.481 e. The number of H-pyrrole nitrogens is 1. The maximum absolute atomic E-state index is 12.4. The molecule has 0 radical (unpaired) electrons. The molecule has 0 bridgehead atoms. The van der Waals surface area contributed by atoms with E-state index in [9.17, 15) is 14.4 Å². The third-order valence-electron chi connectivity index (χ3n) is 3.47. The van der Waals surface area contributed by atoms with Gasteiger partial charge in [0.15, 0.2) is 0 Å². The molecule has 7 heteroatoms. The zero-order valence-corrected chi connectivity index (χ0v) is 11.0. The number of rotatable bonds is 4. The quantitative estimate of drug-likeness (QED) is 0.841. The van der Waals surface area contributed by atoms with Gasteiger partial charge in [0, 0.05) is 25.2 Å². The molecule has 7 nitrogen and oxygen atoms in total. The molecule has 1 saturated heterocycles. The number of likely N-dealkylation sites (tertiary alicyclic amines) is 1. The van der Waals surface area contributed by atoms with Crippen LogP contribution in [0.4, 0.5) is 0 Å². The van der Waals surface area contributed by atoms with Crippen molar-refractivity contribution in [3.05, 3.63) is 28.4 Å². The highest BCUT2D eigenvalue weighted by Crippen LogP contribution is 2.22. The number of aromatic amines is 1. The predicted octanol–water partition coefficient (Wildman–Crippen LogP) is 0.629. The normalized spacial score (nSPS) is 18.8. The minimum atomic E-state index is -0.856. The van der Waals surface area contributed by atoms with Crippen molar-refractivity contribution in [3.63, 3.8) is 0 Å². The predicted molar refractivity (Wildman–Crippen MR) is 70.4 cm³/mol. The van der Waals surface area contributed by atoms with Gasteiger partial charge in [0.1, 0.15) is 5.69 Å². The van der Waals surface area contributed by atoms with Gasteiger partial charge in [0.2, 0.25) is 0 Å². The average molecular weight is 279 g/mol. The fourth-order valence-electron chi connectivity index (χ4n) is 2.46. The minimum absolute atomic E-state index is 0.0491. The number of nitrogens with one attached hydrogen (secondary N) is 1. The average Bonchev–Trinajstić information content (AvgIpc) is 2.45. The molecule has 20 heavy (non-hydrogen) atoms. The number of carbonyl (C=O) groups excluding carboxylic acids is 1. The van der Waals surface area contributed by atoms with Crippen LogP contribution >= 0.6 is 0 Å². The lowest BCUT2D eigenvalue weighted by Crippen LogP contribution is -2.44. The molecule has 0 saturated carbocycles. The molecular formula is C13H17N3O4. The first kappa shape index (κ1) is 14.2. The van der Waals surface area contributed by atoms with E-state index in [0.717, 1.165) is 25.5 Å². The lowest BCUT2D eigenvalue weighted by atomic mass is 9.97. The molecule has 1 aromatic rings. The van der Waals surface area contributed by atoms with Crippen LogP contribution in [0.3, 0.4) is 0 Å². The molecule has 2 heterocycles. The van der Waals surface area contributed by atoms with Gasteiger partial charge in [-0.2, -0.15) is 0 Å². The highest BCUT2D eigenvalue weighted by molar-refractivity contribution is 5.92. The summed E-state index contributed by atoms with van der Waals surface area (Å²) in [6.07, 6.45) is 5.57. The first-order valence-electron chi connectivity index (χ1n) is 6.65. The third-order valence-corrected chi connectivity index (χ3v) is 3.47. The number of carboxylic acids is 1. The summed E-state index contributed by atoms with van der Waals surface area (Å²) in [6.45, 7) is 0.601. The van der Waals surface area contributed by atoms with Crippen molar-refractivity contribution in [1.29, 1.82) is 0 Å². The maximum atomic E-state index is 12.4. The Kier molecular flexibility index (Phi) is 4.49. The number of amides is 1. The van der Waals surface area contributed by atoms with Crippen LogP contribution in [0.1, 0.15) is 42.6 Å². The minimum Gasteiger partial charge on any atom is -0.481 e. The first-order chi connectivity index (χ1) is 9.58. The molecule has 0 spiro atoms. The first-order valence-corrected chi connectivity index (χ1v) is 6.65. The summed E-state index contributed by atoms with van der Waals surface area (Å²) in [6, 6.07) is -0.0684. The van der Waals surface area contributed by atoms with Crippen LogP contribution in [0, 0.1) is 0 Å². The van der Waals surface area contributed by atoms with Crippen LogP contribution in [-0.4, -0.2) is 44.4 Å². The molecule has 1 fully saturated rings. The Labute approximate surface area is 115 Å². The number of hydrogen-bond acceptors (Lipinski definition) is 4. The lowest BCUT2D eigenvalue weighted by Gasteiger charge is -2.35. The van der Waals surface area contributed by atoms with E-state index in [1.54, 1.807) is 4.90 Å². The molecule has 2 rings (SSSR count). The molecule has 2 N–H and O–H groups in total. The second kappa shape index (κ2) is 6.31. The molecule has 0 aliphatic carbocycles.